The predicted molar refractivity (Wildman–Crippen MR) is 214 cm³/mol. The third kappa shape index (κ3) is 16.1. The molecule has 18 heteroatoms. The summed E-state index contributed by atoms with van der Waals surface area (Å²) in [6, 6.07) is 10.8. The van der Waals surface area contributed by atoms with E-state index in [1.807, 2.05) is 24.3 Å². The van der Waals surface area contributed by atoms with Crippen LogP contribution >= 0.6 is 23.2 Å². The van der Waals surface area contributed by atoms with Crippen molar-refractivity contribution in [1.82, 2.24) is 16.0 Å². The Balaban J connectivity index is 0.00000113. The van der Waals surface area contributed by atoms with Crippen molar-refractivity contribution in [2.75, 3.05) is 6.54 Å². The fraction of sp³-hybridized carbons (Fsp3) is 0.538. The second kappa shape index (κ2) is 23.0. The van der Waals surface area contributed by atoms with Crippen molar-refractivity contribution >= 4 is 58.7 Å². The van der Waals surface area contributed by atoms with Crippen LogP contribution in [0, 0.1) is 23.2 Å². The molecule has 2 aliphatic rings. The highest BCUT2D eigenvalue weighted by atomic mass is 35.5. The van der Waals surface area contributed by atoms with Crippen LogP contribution in [0.2, 0.25) is 10.0 Å². The quantitative estimate of drug-likeness (QED) is 0.0603. The van der Waals surface area contributed by atoms with E-state index in [0.29, 0.717) is 40.6 Å². The fourth-order valence-corrected chi connectivity index (χ4v) is 7.69. The normalized spacial score (nSPS) is 16.4. The Hall–Kier alpha value is -4.57. The lowest BCUT2D eigenvalue weighted by Crippen LogP contribution is -2.57. The number of benzene rings is 2. The molecule has 0 saturated heterocycles. The molecule has 2 aromatic rings. The van der Waals surface area contributed by atoms with Gasteiger partial charge in [0.2, 0.25) is 17.7 Å². The number of alkyl halides is 3. The van der Waals surface area contributed by atoms with Gasteiger partial charge in [0.25, 0.3) is 0 Å². The Morgan fingerprint density at radius 2 is 1.42 bits per heavy atom. The molecule has 0 spiro atoms. The standard InChI is InChI=1S/C37H52Cl2N8O3.C2HF3O2/c38-28-18-17-27(30(39)21-28)22-45-35(49)31(12-7-19-44-37(42)43)46-36(50)32(25-10-5-2-6-11-25)47-34(48)29(24-8-3-1-4-9-24)20-23-13-15-26(16-14-23)33(40)41;3-2(4,5)1(6)7/h13-18,21,24-25,29,31-32H,1-12,19-20,22H2,(H3,40,41)(H,45,49)(H,46,50)(H,47,48)(H4,42,43,44);(H,6,7). The number of aliphatic imine (C=N–C) groups is 1. The number of rotatable bonds is 16. The topological polar surface area (TPSA) is 239 Å². The number of carboxylic acid groups (broad SMARTS) is 1. The summed E-state index contributed by atoms with van der Waals surface area (Å²) in [5.74, 6) is -3.86. The van der Waals surface area contributed by atoms with E-state index in [2.05, 4.69) is 20.9 Å². The first-order chi connectivity index (χ1) is 27.0. The summed E-state index contributed by atoms with van der Waals surface area (Å²) in [7, 11) is 0. The molecule has 2 saturated carbocycles. The van der Waals surface area contributed by atoms with Crippen molar-refractivity contribution in [3.05, 3.63) is 69.2 Å². The van der Waals surface area contributed by atoms with E-state index in [1.54, 1.807) is 18.2 Å². The van der Waals surface area contributed by atoms with Gasteiger partial charge in [-0.05, 0) is 80.0 Å². The molecule has 0 bridgehead atoms. The van der Waals surface area contributed by atoms with Gasteiger partial charge in [-0.3, -0.25) is 24.8 Å². The smallest absolute Gasteiger partial charge is 0.475 e. The van der Waals surface area contributed by atoms with Crippen LogP contribution in [0.5, 0.6) is 0 Å². The highest BCUT2D eigenvalue weighted by molar-refractivity contribution is 6.35. The number of nitrogen functional groups attached to an aromatic ring is 1. The molecule has 57 heavy (non-hydrogen) atoms. The van der Waals surface area contributed by atoms with Crippen molar-refractivity contribution in [3.8, 4) is 0 Å². The van der Waals surface area contributed by atoms with Crippen LogP contribution in [0.3, 0.4) is 0 Å². The van der Waals surface area contributed by atoms with Crippen LogP contribution in [0.1, 0.15) is 93.7 Å². The SMILES string of the molecule is N=C(N)c1ccc(CC(C(=O)NC(C(=O)NC(CCCN=C(N)N)C(=O)NCc2ccc(Cl)cc2Cl)C2CCCCC2)C2CCCCC2)cc1.O=C(O)C(F)(F)F. The Kier molecular flexibility index (Phi) is 18.9. The van der Waals surface area contributed by atoms with Gasteiger partial charge >= 0.3 is 12.1 Å². The number of hydrogen-bond donors (Lipinski definition) is 8. The van der Waals surface area contributed by atoms with Crippen molar-refractivity contribution in [3.63, 3.8) is 0 Å². The number of carboxylic acids is 1. The van der Waals surface area contributed by atoms with E-state index in [0.717, 1.165) is 69.8 Å². The van der Waals surface area contributed by atoms with E-state index in [1.165, 1.54) is 0 Å². The van der Waals surface area contributed by atoms with Crippen LogP contribution in [0.15, 0.2) is 47.5 Å². The molecule has 2 aromatic carbocycles. The average molecular weight is 842 g/mol. The van der Waals surface area contributed by atoms with Crippen molar-refractivity contribution < 1.29 is 37.5 Å². The summed E-state index contributed by atoms with van der Waals surface area (Å²) in [5, 5.41) is 24.9. The molecule has 2 fully saturated rings. The largest absolute Gasteiger partial charge is 0.490 e. The van der Waals surface area contributed by atoms with Crippen molar-refractivity contribution in [1.29, 1.82) is 5.41 Å². The van der Waals surface area contributed by atoms with Crippen LogP contribution in [-0.2, 0) is 32.1 Å². The number of amides is 3. The van der Waals surface area contributed by atoms with Gasteiger partial charge < -0.3 is 38.3 Å². The van der Waals surface area contributed by atoms with Gasteiger partial charge in [-0.2, -0.15) is 13.2 Å². The van der Waals surface area contributed by atoms with Crippen LogP contribution < -0.4 is 33.2 Å². The predicted octanol–water partition coefficient (Wildman–Crippen LogP) is 5.57. The molecule has 0 radical (unpaired) electrons. The maximum atomic E-state index is 14.3. The first-order valence-corrected chi connectivity index (χ1v) is 19.8. The Morgan fingerprint density at radius 3 is 1.95 bits per heavy atom. The first-order valence-electron chi connectivity index (χ1n) is 19.1. The highest BCUT2D eigenvalue weighted by Gasteiger charge is 2.39. The summed E-state index contributed by atoms with van der Waals surface area (Å²) in [6.45, 7) is 0.443. The van der Waals surface area contributed by atoms with Gasteiger partial charge in [0, 0.05) is 34.6 Å². The molecule has 0 aliphatic heterocycles. The van der Waals surface area contributed by atoms with E-state index < -0.39 is 24.2 Å². The number of nitrogens with two attached hydrogens (primary N) is 3. The number of guanidine groups is 1. The summed E-state index contributed by atoms with van der Waals surface area (Å²) in [4.78, 5) is 55.0. The van der Waals surface area contributed by atoms with E-state index in [-0.39, 0.29) is 60.2 Å². The lowest BCUT2D eigenvalue weighted by atomic mass is 9.76. The molecule has 0 aromatic heterocycles. The molecule has 11 N–H and O–H groups in total. The van der Waals surface area contributed by atoms with E-state index >= 15 is 0 Å². The molecule has 0 heterocycles. The fourth-order valence-electron chi connectivity index (χ4n) is 7.21. The van der Waals surface area contributed by atoms with Crippen LogP contribution in [0.4, 0.5) is 13.2 Å². The third-order valence-corrected chi connectivity index (χ3v) is 10.9. The van der Waals surface area contributed by atoms with Gasteiger partial charge in [0.1, 0.15) is 17.9 Å². The minimum absolute atomic E-state index is 0.00328. The number of nitrogens with zero attached hydrogens (tertiary/aromatic N) is 1. The van der Waals surface area contributed by atoms with Gasteiger partial charge in [-0.1, -0.05) is 92.1 Å². The zero-order valence-electron chi connectivity index (χ0n) is 31.7. The third-order valence-electron chi connectivity index (χ3n) is 10.3. The van der Waals surface area contributed by atoms with E-state index in [4.69, 9.17) is 55.7 Å². The van der Waals surface area contributed by atoms with Gasteiger partial charge in [-0.25, -0.2) is 4.79 Å². The van der Waals surface area contributed by atoms with Crippen LogP contribution in [0.25, 0.3) is 0 Å². The van der Waals surface area contributed by atoms with Crippen molar-refractivity contribution in [2.24, 2.45) is 39.9 Å². The zero-order chi connectivity index (χ0) is 42.1. The maximum absolute atomic E-state index is 14.3. The molecule has 2 aliphatic carbocycles. The summed E-state index contributed by atoms with van der Waals surface area (Å²) in [6.07, 6.45) is 6.06. The molecule has 4 rings (SSSR count). The number of aliphatic carboxylic acids is 1. The molecular weight excluding hydrogens is 788 g/mol. The van der Waals surface area contributed by atoms with Gasteiger partial charge in [0.15, 0.2) is 5.96 Å². The molecule has 3 atom stereocenters. The summed E-state index contributed by atoms with van der Waals surface area (Å²) in [5.41, 5.74) is 19.0. The number of hydrogen-bond acceptors (Lipinski definition) is 6. The zero-order valence-corrected chi connectivity index (χ0v) is 33.2. The minimum Gasteiger partial charge on any atom is -0.475 e. The highest BCUT2D eigenvalue weighted by Crippen LogP contribution is 2.33. The van der Waals surface area contributed by atoms with Crippen LogP contribution in [-0.4, -0.2) is 65.4 Å². The lowest BCUT2D eigenvalue weighted by molar-refractivity contribution is -0.192. The maximum Gasteiger partial charge on any atom is 0.490 e. The number of nitrogens with one attached hydrogen (secondary N) is 4. The first kappa shape index (κ1) is 46.8. The molecular formula is C39H53Cl2F3N8O5. The molecule has 13 nitrogen and oxygen atoms in total. The molecule has 3 unspecified atom stereocenters. The summed E-state index contributed by atoms with van der Waals surface area (Å²) < 4.78 is 31.7. The number of carbonyl (C=O) groups is 4. The number of carbonyl (C=O) groups excluding carboxylic acids is 3. The van der Waals surface area contributed by atoms with Gasteiger partial charge in [0.05, 0.1) is 0 Å². The monoisotopic (exact) mass is 840 g/mol. The number of halogens is 5. The Morgan fingerprint density at radius 1 is 0.842 bits per heavy atom. The second-order valence-corrected chi connectivity index (χ2v) is 15.3. The van der Waals surface area contributed by atoms with Crippen molar-refractivity contribution in [2.45, 2.75) is 108 Å². The molecule has 314 valence electrons. The summed E-state index contributed by atoms with van der Waals surface area (Å²) >= 11 is 12.4. The Labute approximate surface area is 340 Å². The minimum atomic E-state index is -5.08. The number of amidine groups is 1. The van der Waals surface area contributed by atoms with E-state index in [9.17, 15) is 27.6 Å². The Bertz CT molecular complexity index is 1700. The van der Waals surface area contributed by atoms with Gasteiger partial charge in [-0.15, -0.1) is 0 Å². The molecule has 3 amide bonds. The second-order valence-electron chi connectivity index (χ2n) is 14.5. The average Bonchev–Trinajstić information content (AvgIpc) is 3.17. The lowest BCUT2D eigenvalue weighted by Gasteiger charge is -2.34.